The number of hydrogen-bond acceptors (Lipinski definition) is 5. The Bertz CT molecular complexity index is 1030. The predicted molar refractivity (Wildman–Crippen MR) is 90.8 cm³/mol. The van der Waals surface area contributed by atoms with Gasteiger partial charge in [0.2, 0.25) is 5.78 Å². The van der Waals surface area contributed by atoms with Crippen molar-refractivity contribution in [2.45, 2.75) is 20.2 Å². The Morgan fingerprint density at radius 3 is 2.11 bits per heavy atom. The van der Waals surface area contributed by atoms with Gasteiger partial charge in [0, 0.05) is 23.0 Å². The molecule has 0 unspecified atom stereocenters. The number of fused-ring (bicyclic) bond motifs is 1. The molecule has 28 heavy (non-hydrogen) atoms. The molecule has 146 valence electrons. The first kappa shape index (κ1) is 19.4. The highest BCUT2D eigenvalue weighted by atomic mass is 19.4. The van der Waals surface area contributed by atoms with Gasteiger partial charge in [-0.25, -0.2) is 4.79 Å². The van der Waals surface area contributed by atoms with Crippen LogP contribution in [0.25, 0.3) is 5.69 Å². The molecule has 0 saturated heterocycles. The summed E-state index contributed by atoms with van der Waals surface area (Å²) in [5.41, 5.74) is 0.487. The molecule has 0 radical (unpaired) electrons. The number of halogens is 3. The Morgan fingerprint density at radius 1 is 1.00 bits per heavy atom. The number of benzene rings is 1. The third-order valence-corrected chi connectivity index (χ3v) is 4.44. The highest BCUT2D eigenvalue weighted by molar-refractivity contribution is 6.28. The first-order chi connectivity index (χ1) is 13.0. The Morgan fingerprint density at radius 2 is 1.57 bits per heavy atom. The van der Waals surface area contributed by atoms with Crippen molar-refractivity contribution in [3.63, 3.8) is 0 Å². The molecule has 1 heterocycles. The molecule has 1 aliphatic rings. The van der Waals surface area contributed by atoms with Crippen molar-refractivity contribution in [3.05, 3.63) is 58.4 Å². The summed E-state index contributed by atoms with van der Waals surface area (Å²) < 4.78 is 46.8. The largest absolute Gasteiger partial charge is 0.573 e. The quantitative estimate of drug-likeness (QED) is 0.740. The predicted octanol–water partition coefficient (Wildman–Crippen LogP) is 3.88. The number of esters is 1. The summed E-state index contributed by atoms with van der Waals surface area (Å²) >= 11 is 0. The van der Waals surface area contributed by atoms with Gasteiger partial charge in [-0.05, 0) is 38.1 Å². The number of allylic oxidation sites excluding steroid dienone is 2. The zero-order chi connectivity index (χ0) is 20.8. The van der Waals surface area contributed by atoms with E-state index in [4.69, 9.17) is 4.74 Å². The van der Waals surface area contributed by atoms with Crippen LogP contribution in [0.2, 0.25) is 0 Å². The fraction of sp³-hybridized carbons (Fsp3) is 0.211. The SMILES string of the molecule is COC(=O)c1cn(-c2ccc(OC(F)(F)F)cc2)c2c1C(=O)C(C)=C(C)C2=O. The molecule has 0 N–H and O–H groups in total. The zero-order valence-corrected chi connectivity index (χ0v) is 15.0. The fourth-order valence-electron chi connectivity index (χ4n) is 2.94. The van der Waals surface area contributed by atoms with Crippen LogP contribution in [-0.2, 0) is 4.74 Å². The van der Waals surface area contributed by atoms with Crippen LogP contribution in [0.15, 0.2) is 41.6 Å². The first-order valence-corrected chi connectivity index (χ1v) is 8.02. The monoisotopic (exact) mass is 393 g/mol. The van der Waals surface area contributed by atoms with Gasteiger partial charge >= 0.3 is 12.3 Å². The number of rotatable bonds is 3. The van der Waals surface area contributed by atoms with Crippen molar-refractivity contribution in [1.82, 2.24) is 4.57 Å². The highest BCUT2D eigenvalue weighted by Gasteiger charge is 2.36. The number of aromatic nitrogens is 1. The second kappa shape index (κ2) is 6.66. The Balaban J connectivity index is 2.17. The minimum atomic E-state index is -4.84. The topological polar surface area (TPSA) is 74.6 Å². The summed E-state index contributed by atoms with van der Waals surface area (Å²) in [5, 5.41) is 0. The van der Waals surface area contributed by atoms with Crippen LogP contribution >= 0.6 is 0 Å². The van der Waals surface area contributed by atoms with E-state index in [1.165, 1.54) is 36.7 Å². The second-order valence-corrected chi connectivity index (χ2v) is 6.08. The number of Topliss-reactive ketones (excluding diaryl/α,β-unsaturated/α-hetero) is 2. The van der Waals surface area contributed by atoms with E-state index < -0.39 is 29.6 Å². The fourth-order valence-corrected chi connectivity index (χ4v) is 2.94. The number of carbonyl (C=O) groups is 3. The van der Waals surface area contributed by atoms with Gasteiger partial charge in [0.15, 0.2) is 5.78 Å². The molecule has 0 amide bonds. The van der Waals surface area contributed by atoms with Crippen molar-refractivity contribution in [3.8, 4) is 11.4 Å². The maximum absolute atomic E-state index is 12.8. The van der Waals surface area contributed by atoms with Crippen molar-refractivity contribution < 1.29 is 37.0 Å². The molecule has 1 aromatic heterocycles. The van der Waals surface area contributed by atoms with Crippen LogP contribution in [0.4, 0.5) is 13.2 Å². The van der Waals surface area contributed by atoms with Crippen LogP contribution in [0.3, 0.4) is 0 Å². The van der Waals surface area contributed by atoms with Crippen LogP contribution in [0, 0.1) is 0 Å². The molecule has 0 bridgehead atoms. The van der Waals surface area contributed by atoms with Crippen LogP contribution in [0.1, 0.15) is 45.1 Å². The van der Waals surface area contributed by atoms with Gasteiger partial charge in [-0.15, -0.1) is 13.2 Å². The lowest BCUT2D eigenvalue weighted by atomic mass is 9.88. The van der Waals surface area contributed by atoms with Crippen LogP contribution in [0.5, 0.6) is 5.75 Å². The van der Waals surface area contributed by atoms with Gasteiger partial charge in [-0.1, -0.05) is 0 Å². The molecule has 6 nitrogen and oxygen atoms in total. The molecule has 2 aromatic rings. The van der Waals surface area contributed by atoms with E-state index in [1.54, 1.807) is 0 Å². The van der Waals surface area contributed by atoms with Crippen molar-refractivity contribution in [2.24, 2.45) is 0 Å². The lowest BCUT2D eigenvalue weighted by Gasteiger charge is -2.17. The molecule has 0 spiro atoms. The number of hydrogen-bond donors (Lipinski definition) is 0. The van der Waals surface area contributed by atoms with E-state index in [9.17, 15) is 27.6 Å². The normalized spacial score (nSPS) is 14.2. The van der Waals surface area contributed by atoms with Crippen molar-refractivity contribution in [2.75, 3.05) is 7.11 Å². The van der Waals surface area contributed by atoms with Gasteiger partial charge in [0.05, 0.1) is 18.2 Å². The van der Waals surface area contributed by atoms with Gasteiger partial charge in [-0.3, -0.25) is 9.59 Å². The van der Waals surface area contributed by atoms with Gasteiger partial charge in [-0.2, -0.15) is 0 Å². The number of methoxy groups -OCH3 is 1. The summed E-state index contributed by atoms with van der Waals surface area (Å²) in [6.07, 6.45) is -3.58. The molecule has 0 atom stereocenters. The van der Waals surface area contributed by atoms with E-state index in [-0.39, 0.29) is 33.7 Å². The minimum Gasteiger partial charge on any atom is -0.465 e. The van der Waals surface area contributed by atoms with E-state index in [0.29, 0.717) is 0 Å². The molecular weight excluding hydrogens is 379 g/mol. The minimum absolute atomic E-state index is 0.0435. The Kier molecular flexibility index (Phi) is 4.62. The smallest absolute Gasteiger partial charge is 0.465 e. The second-order valence-electron chi connectivity index (χ2n) is 6.08. The lowest BCUT2D eigenvalue weighted by Crippen LogP contribution is -2.22. The maximum Gasteiger partial charge on any atom is 0.573 e. The number of carbonyl (C=O) groups excluding carboxylic acids is 3. The van der Waals surface area contributed by atoms with E-state index >= 15 is 0 Å². The summed E-state index contributed by atoms with van der Waals surface area (Å²) in [7, 11) is 1.14. The summed E-state index contributed by atoms with van der Waals surface area (Å²) in [5.74, 6) is -2.19. The molecule has 0 saturated carbocycles. The van der Waals surface area contributed by atoms with Gasteiger partial charge in [0.25, 0.3) is 0 Å². The average molecular weight is 393 g/mol. The third-order valence-electron chi connectivity index (χ3n) is 4.44. The first-order valence-electron chi connectivity index (χ1n) is 8.02. The number of ketones is 2. The number of nitrogens with zero attached hydrogens (tertiary/aromatic N) is 1. The Hall–Kier alpha value is -3.36. The third kappa shape index (κ3) is 3.19. The van der Waals surface area contributed by atoms with Crippen molar-refractivity contribution >= 4 is 17.5 Å². The Labute approximate surface area is 157 Å². The highest BCUT2D eigenvalue weighted by Crippen LogP contribution is 2.33. The number of alkyl halides is 3. The summed E-state index contributed by atoms with van der Waals surface area (Å²) in [6, 6.07) is 4.69. The van der Waals surface area contributed by atoms with Gasteiger partial charge < -0.3 is 14.0 Å². The maximum atomic E-state index is 12.8. The molecule has 1 aromatic carbocycles. The van der Waals surface area contributed by atoms with Crippen molar-refractivity contribution in [1.29, 1.82) is 0 Å². The van der Waals surface area contributed by atoms with E-state index in [1.807, 2.05) is 0 Å². The summed E-state index contributed by atoms with van der Waals surface area (Å²) in [4.78, 5) is 37.6. The van der Waals surface area contributed by atoms with Crippen LogP contribution in [-0.4, -0.2) is 35.6 Å². The van der Waals surface area contributed by atoms with E-state index in [2.05, 4.69) is 4.74 Å². The van der Waals surface area contributed by atoms with E-state index in [0.717, 1.165) is 19.2 Å². The van der Waals surface area contributed by atoms with Crippen LogP contribution < -0.4 is 4.74 Å². The van der Waals surface area contributed by atoms with Gasteiger partial charge in [0.1, 0.15) is 11.4 Å². The molecule has 0 fully saturated rings. The summed E-state index contributed by atoms with van der Waals surface area (Å²) in [6.45, 7) is 2.98. The zero-order valence-electron chi connectivity index (χ0n) is 15.0. The molecule has 9 heteroatoms. The molecule has 3 rings (SSSR count). The lowest BCUT2D eigenvalue weighted by molar-refractivity contribution is -0.274. The number of ether oxygens (including phenoxy) is 2. The molecular formula is C19H14F3NO5. The molecule has 1 aliphatic carbocycles. The standard InChI is InChI=1S/C19H14F3NO5/c1-9-10(2)17(25)15-14(16(9)24)13(18(26)27-3)8-23(15)11-4-6-12(7-5-11)28-19(20,21)22/h4-8H,1-3H3. The molecule has 0 aliphatic heterocycles. The average Bonchev–Trinajstić information content (AvgIpc) is 3.04.